The quantitative estimate of drug-likeness (QED) is 0.545. The molecule has 150 valence electrons. The molecule has 1 amide bonds. The summed E-state index contributed by atoms with van der Waals surface area (Å²) >= 11 is 12.0. The van der Waals surface area contributed by atoms with Crippen LogP contribution in [0.2, 0.25) is 10.0 Å². The van der Waals surface area contributed by atoms with Gasteiger partial charge in [0.25, 0.3) is 5.91 Å². The molecule has 0 bridgehead atoms. The second kappa shape index (κ2) is 9.31. The van der Waals surface area contributed by atoms with Gasteiger partial charge in [-0.1, -0.05) is 47.5 Å². The van der Waals surface area contributed by atoms with E-state index in [2.05, 4.69) is 5.32 Å². The van der Waals surface area contributed by atoms with Gasteiger partial charge in [-0.15, -0.1) is 0 Å². The highest BCUT2D eigenvalue weighted by Gasteiger charge is 2.24. The van der Waals surface area contributed by atoms with Crippen LogP contribution in [0, 0.1) is 6.92 Å². The van der Waals surface area contributed by atoms with E-state index in [1.165, 1.54) is 0 Å². The minimum atomic E-state index is -0.476. The van der Waals surface area contributed by atoms with Gasteiger partial charge in [-0.3, -0.25) is 4.79 Å². The molecule has 3 aromatic rings. The van der Waals surface area contributed by atoms with Crippen molar-refractivity contribution in [2.75, 3.05) is 7.11 Å². The van der Waals surface area contributed by atoms with Crippen LogP contribution in [0.15, 0.2) is 66.7 Å². The summed E-state index contributed by atoms with van der Waals surface area (Å²) in [4.78, 5) is 13.1. The van der Waals surface area contributed by atoms with Gasteiger partial charge in [0, 0.05) is 15.6 Å². The number of hydrogen-bond donors (Lipinski definition) is 2. The van der Waals surface area contributed by atoms with Gasteiger partial charge in [0.1, 0.15) is 5.75 Å². The average Bonchev–Trinajstić information content (AvgIpc) is 2.72. The van der Waals surface area contributed by atoms with E-state index in [0.717, 1.165) is 16.7 Å². The third-order valence-corrected chi connectivity index (χ3v) is 5.31. The van der Waals surface area contributed by atoms with E-state index in [1.54, 1.807) is 43.5 Å². The van der Waals surface area contributed by atoms with Crippen LogP contribution in [-0.2, 0) is 0 Å². The first-order valence-corrected chi connectivity index (χ1v) is 9.86. The van der Waals surface area contributed by atoms with Crippen LogP contribution >= 0.6 is 23.2 Å². The number of nitrogens with two attached hydrogens (primary N) is 1. The molecular weight excluding hydrogens is 407 g/mol. The average molecular weight is 429 g/mol. The molecule has 3 aromatic carbocycles. The molecule has 0 saturated heterocycles. The van der Waals surface area contributed by atoms with Crippen molar-refractivity contribution in [3.05, 3.63) is 99.0 Å². The number of hydrogen-bond acceptors (Lipinski definition) is 3. The zero-order valence-corrected chi connectivity index (χ0v) is 17.7. The monoisotopic (exact) mass is 428 g/mol. The Morgan fingerprint density at radius 1 is 0.931 bits per heavy atom. The molecule has 3 rings (SSSR count). The Kier molecular flexibility index (Phi) is 6.80. The van der Waals surface area contributed by atoms with Crippen LogP contribution < -0.4 is 15.8 Å². The van der Waals surface area contributed by atoms with Crippen LogP contribution in [0.4, 0.5) is 0 Å². The van der Waals surface area contributed by atoms with E-state index in [9.17, 15) is 4.79 Å². The summed E-state index contributed by atoms with van der Waals surface area (Å²) in [6.07, 6.45) is 0. The molecule has 0 radical (unpaired) electrons. The second-order valence-electron chi connectivity index (χ2n) is 6.76. The summed E-state index contributed by atoms with van der Waals surface area (Å²) in [5.74, 6) is 0.487. The predicted octanol–water partition coefficient (Wildman–Crippen LogP) is 5.48. The minimum absolute atomic E-state index is 0.213. The van der Waals surface area contributed by atoms with Crippen molar-refractivity contribution in [3.63, 3.8) is 0 Å². The maximum absolute atomic E-state index is 13.1. The van der Waals surface area contributed by atoms with Crippen molar-refractivity contribution >= 4 is 29.1 Å². The molecule has 0 saturated carbocycles. The Balaban J connectivity index is 1.93. The lowest BCUT2D eigenvalue weighted by atomic mass is 9.93. The van der Waals surface area contributed by atoms with Crippen molar-refractivity contribution in [1.82, 2.24) is 5.32 Å². The fourth-order valence-corrected chi connectivity index (χ4v) is 3.42. The molecule has 0 aliphatic heterocycles. The molecule has 0 aromatic heterocycles. The van der Waals surface area contributed by atoms with Crippen molar-refractivity contribution in [2.45, 2.75) is 19.0 Å². The highest BCUT2D eigenvalue weighted by Crippen LogP contribution is 2.29. The molecule has 0 fully saturated rings. The van der Waals surface area contributed by atoms with E-state index < -0.39 is 12.1 Å². The largest absolute Gasteiger partial charge is 0.497 e. The van der Waals surface area contributed by atoms with Crippen molar-refractivity contribution in [3.8, 4) is 5.75 Å². The normalized spacial score (nSPS) is 12.9. The first kappa shape index (κ1) is 21.2. The lowest BCUT2D eigenvalue weighted by Crippen LogP contribution is -2.36. The highest BCUT2D eigenvalue weighted by atomic mass is 35.5. The molecule has 4 nitrogen and oxygen atoms in total. The molecule has 0 spiro atoms. The first-order chi connectivity index (χ1) is 13.9. The molecule has 6 heteroatoms. The summed E-state index contributed by atoms with van der Waals surface area (Å²) in [5, 5.41) is 4.32. The summed E-state index contributed by atoms with van der Waals surface area (Å²) in [5.41, 5.74) is 9.66. The van der Waals surface area contributed by atoms with E-state index in [-0.39, 0.29) is 5.91 Å². The smallest absolute Gasteiger partial charge is 0.252 e. The van der Waals surface area contributed by atoms with Crippen LogP contribution in [0.25, 0.3) is 0 Å². The van der Waals surface area contributed by atoms with Crippen LogP contribution in [0.5, 0.6) is 5.75 Å². The number of rotatable bonds is 6. The van der Waals surface area contributed by atoms with Crippen LogP contribution in [0.1, 0.15) is 39.1 Å². The summed E-state index contributed by atoms with van der Waals surface area (Å²) < 4.78 is 5.22. The third-order valence-electron chi connectivity index (χ3n) is 4.81. The molecule has 0 aliphatic carbocycles. The Bertz CT molecular complexity index is 989. The van der Waals surface area contributed by atoms with E-state index in [0.29, 0.717) is 21.4 Å². The van der Waals surface area contributed by atoms with Crippen LogP contribution in [-0.4, -0.2) is 13.0 Å². The zero-order valence-electron chi connectivity index (χ0n) is 16.2. The number of methoxy groups -OCH3 is 1. The maximum Gasteiger partial charge on any atom is 0.252 e. The number of carbonyl (C=O) groups is 1. The Morgan fingerprint density at radius 2 is 1.48 bits per heavy atom. The number of amides is 1. The fourth-order valence-electron chi connectivity index (χ4n) is 3.16. The van der Waals surface area contributed by atoms with Gasteiger partial charge in [0.05, 0.1) is 19.2 Å². The molecule has 29 heavy (non-hydrogen) atoms. The molecule has 3 N–H and O–H groups in total. The summed E-state index contributed by atoms with van der Waals surface area (Å²) in [6.45, 7) is 1.87. The summed E-state index contributed by atoms with van der Waals surface area (Å²) in [6, 6.07) is 19.0. The highest BCUT2D eigenvalue weighted by molar-refractivity contribution is 6.30. The van der Waals surface area contributed by atoms with Gasteiger partial charge in [0.2, 0.25) is 0 Å². The topological polar surface area (TPSA) is 64.3 Å². The SMILES string of the molecule is COc1ccc(C(=O)N[C@@H](c2ccc(Cl)cc2)[C@H](N)c2ccc(Cl)cc2)c(C)c1. The number of benzene rings is 3. The third kappa shape index (κ3) is 5.10. The molecular formula is C23H22Cl2N2O2. The predicted molar refractivity (Wildman–Crippen MR) is 118 cm³/mol. The van der Waals surface area contributed by atoms with Crippen molar-refractivity contribution in [2.24, 2.45) is 5.73 Å². The van der Waals surface area contributed by atoms with Crippen molar-refractivity contribution < 1.29 is 9.53 Å². The number of nitrogens with one attached hydrogen (secondary N) is 1. The van der Waals surface area contributed by atoms with Gasteiger partial charge in [-0.2, -0.15) is 0 Å². The second-order valence-corrected chi connectivity index (χ2v) is 7.63. The Hall–Kier alpha value is -2.53. The Morgan fingerprint density at radius 3 is 2.00 bits per heavy atom. The maximum atomic E-state index is 13.1. The lowest BCUT2D eigenvalue weighted by molar-refractivity contribution is 0.0929. The van der Waals surface area contributed by atoms with Gasteiger partial charge >= 0.3 is 0 Å². The number of aryl methyl sites for hydroxylation is 1. The minimum Gasteiger partial charge on any atom is -0.497 e. The zero-order chi connectivity index (χ0) is 21.0. The van der Waals surface area contributed by atoms with Gasteiger partial charge < -0.3 is 15.8 Å². The van der Waals surface area contributed by atoms with E-state index in [1.807, 2.05) is 37.3 Å². The van der Waals surface area contributed by atoms with E-state index in [4.69, 9.17) is 33.7 Å². The fraction of sp³-hybridized carbons (Fsp3) is 0.174. The molecule has 2 atom stereocenters. The molecule has 0 heterocycles. The lowest BCUT2D eigenvalue weighted by Gasteiger charge is -2.26. The standard InChI is InChI=1S/C23H22Cl2N2O2/c1-14-13-19(29-2)11-12-20(14)23(28)27-22(16-5-9-18(25)10-6-16)21(26)15-3-7-17(24)8-4-15/h3-13,21-22H,26H2,1-2H3,(H,27,28)/t21-,22+/m1/s1. The number of carbonyl (C=O) groups excluding carboxylic acids is 1. The Labute approximate surface area is 180 Å². The van der Waals surface area contributed by atoms with Crippen LogP contribution in [0.3, 0.4) is 0 Å². The summed E-state index contributed by atoms with van der Waals surface area (Å²) in [7, 11) is 1.59. The number of halogens is 2. The van der Waals surface area contributed by atoms with Gasteiger partial charge in [0.15, 0.2) is 0 Å². The van der Waals surface area contributed by atoms with Gasteiger partial charge in [-0.05, 0) is 66.1 Å². The first-order valence-electron chi connectivity index (χ1n) is 9.11. The number of ether oxygens (including phenoxy) is 1. The molecule has 0 unspecified atom stereocenters. The van der Waals surface area contributed by atoms with E-state index >= 15 is 0 Å². The van der Waals surface area contributed by atoms with Gasteiger partial charge in [-0.25, -0.2) is 0 Å². The molecule has 0 aliphatic rings. The van der Waals surface area contributed by atoms with Crippen molar-refractivity contribution in [1.29, 1.82) is 0 Å².